The third-order valence-electron chi connectivity index (χ3n) is 3.86. The number of likely N-dealkylation sites (N-methyl/N-ethyl adjacent to an activating group) is 1. The van der Waals surface area contributed by atoms with Crippen molar-refractivity contribution in [1.29, 1.82) is 0 Å². The van der Waals surface area contributed by atoms with Gasteiger partial charge in [0, 0.05) is 13.6 Å². The van der Waals surface area contributed by atoms with Gasteiger partial charge in [0.05, 0.1) is 0 Å². The number of carbonyl (C=O) groups excluding carboxylic acids is 1. The lowest BCUT2D eigenvalue weighted by atomic mass is 10.0. The second-order valence-electron chi connectivity index (χ2n) is 5.56. The average molecular weight is 291 g/mol. The molecule has 1 amide bonds. The fourth-order valence-electron chi connectivity index (χ4n) is 2.63. The topological polar surface area (TPSA) is 66.8 Å². The van der Waals surface area contributed by atoms with Gasteiger partial charge < -0.3 is 14.7 Å². The van der Waals surface area contributed by atoms with Crippen LogP contribution in [0.1, 0.15) is 31.2 Å². The van der Waals surface area contributed by atoms with Gasteiger partial charge in [-0.2, -0.15) is 0 Å². The number of aliphatic carboxylic acids is 1. The molecule has 114 valence electrons. The predicted molar refractivity (Wildman–Crippen MR) is 78.0 cm³/mol. The van der Waals surface area contributed by atoms with E-state index in [1.165, 1.54) is 5.56 Å². The molecule has 1 aliphatic heterocycles. The molecule has 3 atom stereocenters. The molecule has 1 N–H and O–H groups in total. The Morgan fingerprint density at radius 2 is 1.90 bits per heavy atom. The number of benzene rings is 1. The molecule has 0 aliphatic carbocycles. The van der Waals surface area contributed by atoms with Gasteiger partial charge in [-0.25, -0.2) is 4.79 Å². The Bertz CT molecular complexity index is 502. The van der Waals surface area contributed by atoms with Gasteiger partial charge in [0.1, 0.15) is 6.10 Å². The van der Waals surface area contributed by atoms with Crippen molar-refractivity contribution in [3.05, 3.63) is 35.9 Å². The molecule has 1 saturated heterocycles. The first-order valence-electron chi connectivity index (χ1n) is 7.17. The number of hydrogen-bond acceptors (Lipinski definition) is 3. The first-order chi connectivity index (χ1) is 9.99. The first-order valence-corrected chi connectivity index (χ1v) is 7.17. The summed E-state index contributed by atoms with van der Waals surface area (Å²) in [5.41, 5.74) is 1.17. The molecule has 5 nitrogen and oxygen atoms in total. The number of hydrogen-bond donors (Lipinski definition) is 1. The molecule has 1 fully saturated rings. The van der Waals surface area contributed by atoms with E-state index >= 15 is 0 Å². The fraction of sp³-hybridized carbons (Fsp3) is 0.500. The summed E-state index contributed by atoms with van der Waals surface area (Å²) in [6, 6.07) is 9.99. The lowest BCUT2D eigenvalue weighted by Crippen LogP contribution is -2.39. The maximum atomic E-state index is 12.3. The molecule has 2 rings (SSSR count). The van der Waals surface area contributed by atoms with Gasteiger partial charge in [0.25, 0.3) is 5.91 Å². The summed E-state index contributed by atoms with van der Waals surface area (Å²) in [6.45, 7) is 2.65. The van der Waals surface area contributed by atoms with E-state index in [1.807, 2.05) is 30.3 Å². The molecular formula is C16H21NO4. The second kappa shape index (κ2) is 6.72. The third-order valence-corrected chi connectivity index (χ3v) is 3.86. The lowest BCUT2D eigenvalue weighted by Gasteiger charge is -2.24. The van der Waals surface area contributed by atoms with E-state index in [2.05, 4.69) is 6.92 Å². The van der Waals surface area contributed by atoms with E-state index in [9.17, 15) is 9.59 Å². The Balaban J connectivity index is 1.90. The van der Waals surface area contributed by atoms with Crippen molar-refractivity contribution in [2.75, 3.05) is 13.6 Å². The highest BCUT2D eigenvalue weighted by molar-refractivity contribution is 5.82. The van der Waals surface area contributed by atoms with Gasteiger partial charge in [-0.15, -0.1) is 0 Å². The van der Waals surface area contributed by atoms with Gasteiger partial charge in [0.2, 0.25) is 0 Å². The van der Waals surface area contributed by atoms with Crippen LogP contribution < -0.4 is 0 Å². The predicted octanol–water partition coefficient (Wildman–Crippen LogP) is 1.88. The molecular weight excluding hydrogens is 270 g/mol. The van der Waals surface area contributed by atoms with Crippen LogP contribution >= 0.6 is 0 Å². The molecule has 5 heteroatoms. The van der Waals surface area contributed by atoms with Crippen LogP contribution in [0.2, 0.25) is 0 Å². The van der Waals surface area contributed by atoms with Crippen LogP contribution in [0.25, 0.3) is 0 Å². The zero-order valence-electron chi connectivity index (χ0n) is 12.4. The van der Waals surface area contributed by atoms with Gasteiger partial charge >= 0.3 is 5.97 Å². The Kier molecular flexibility index (Phi) is 4.96. The van der Waals surface area contributed by atoms with Crippen LogP contribution in [0.15, 0.2) is 30.3 Å². The van der Waals surface area contributed by atoms with E-state index < -0.39 is 18.2 Å². The van der Waals surface area contributed by atoms with Crippen LogP contribution in [0.4, 0.5) is 0 Å². The summed E-state index contributed by atoms with van der Waals surface area (Å²) < 4.78 is 5.30. The first kappa shape index (κ1) is 15.5. The molecule has 21 heavy (non-hydrogen) atoms. The van der Waals surface area contributed by atoms with E-state index in [0.717, 1.165) is 0 Å². The second-order valence-corrected chi connectivity index (χ2v) is 5.56. The van der Waals surface area contributed by atoms with Gasteiger partial charge in [-0.3, -0.25) is 4.79 Å². The molecule has 1 heterocycles. The Labute approximate surface area is 124 Å². The van der Waals surface area contributed by atoms with Crippen LogP contribution in [0.3, 0.4) is 0 Å². The van der Waals surface area contributed by atoms with Crippen LogP contribution in [0.5, 0.6) is 0 Å². The number of carbonyl (C=O) groups is 2. The quantitative estimate of drug-likeness (QED) is 0.899. The van der Waals surface area contributed by atoms with Crippen LogP contribution in [-0.4, -0.2) is 47.7 Å². The van der Waals surface area contributed by atoms with Crippen molar-refractivity contribution in [3.8, 4) is 0 Å². The molecule has 1 unspecified atom stereocenters. The highest BCUT2D eigenvalue weighted by Gasteiger charge is 2.36. The summed E-state index contributed by atoms with van der Waals surface area (Å²) in [4.78, 5) is 24.8. The minimum absolute atomic E-state index is 0.137. The van der Waals surface area contributed by atoms with Gasteiger partial charge in [-0.05, 0) is 24.3 Å². The molecule has 1 aromatic rings. The molecule has 0 saturated carbocycles. The summed E-state index contributed by atoms with van der Waals surface area (Å²) in [5.74, 6) is -0.913. The van der Waals surface area contributed by atoms with Crippen molar-refractivity contribution < 1.29 is 19.4 Å². The summed E-state index contributed by atoms with van der Waals surface area (Å²) in [7, 11) is 1.74. The maximum absolute atomic E-state index is 12.3. The number of ether oxygens (including phenoxy) is 1. The Hall–Kier alpha value is -1.88. The highest BCUT2D eigenvalue weighted by Crippen LogP contribution is 2.22. The normalized spacial score (nSPS) is 22.8. The van der Waals surface area contributed by atoms with E-state index in [1.54, 1.807) is 11.9 Å². The summed E-state index contributed by atoms with van der Waals surface area (Å²) in [5, 5.41) is 8.90. The standard InChI is InChI=1S/C16H21NO4/c1-11(12-6-4-3-5-7-12)10-17(2)15(18)13-8-9-14(21-13)16(19)20/h3-7,11,13-14H,8-10H2,1-2H3,(H,19,20)/t11?,13-,14+/m0/s1. The number of carboxylic acids is 1. The molecule has 1 aliphatic rings. The monoisotopic (exact) mass is 291 g/mol. The molecule has 0 radical (unpaired) electrons. The minimum atomic E-state index is -0.995. The van der Waals surface area contributed by atoms with Crippen molar-refractivity contribution in [3.63, 3.8) is 0 Å². The van der Waals surface area contributed by atoms with Gasteiger partial charge in [0.15, 0.2) is 6.10 Å². The Morgan fingerprint density at radius 1 is 1.29 bits per heavy atom. The van der Waals surface area contributed by atoms with Crippen molar-refractivity contribution in [1.82, 2.24) is 4.90 Å². The third kappa shape index (κ3) is 3.82. The van der Waals surface area contributed by atoms with Crippen LogP contribution in [0, 0.1) is 0 Å². The number of nitrogens with zero attached hydrogens (tertiary/aromatic N) is 1. The molecule has 0 aromatic heterocycles. The fourth-order valence-corrected chi connectivity index (χ4v) is 2.63. The maximum Gasteiger partial charge on any atom is 0.332 e. The van der Waals surface area contributed by atoms with Crippen molar-refractivity contribution >= 4 is 11.9 Å². The Morgan fingerprint density at radius 3 is 2.48 bits per heavy atom. The molecule has 0 bridgehead atoms. The highest BCUT2D eigenvalue weighted by atomic mass is 16.5. The minimum Gasteiger partial charge on any atom is -0.479 e. The van der Waals surface area contributed by atoms with Crippen LogP contribution in [-0.2, 0) is 14.3 Å². The largest absolute Gasteiger partial charge is 0.479 e. The zero-order chi connectivity index (χ0) is 15.4. The van der Waals surface area contributed by atoms with Gasteiger partial charge in [-0.1, -0.05) is 37.3 Å². The van der Waals surface area contributed by atoms with E-state index in [4.69, 9.17) is 9.84 Å². The molecule has 1 aromatic carbocycles. The average Bonchev–Trinajstić information content (AvgIpc) is 2.97. The lowest BCUT2D eigenvalue weighted by molar-refractivity contribution is -0.154. The summed E-state index contributed by atoms with van der Waals surface area (Å²) in [6.07, 6.45) is -0.605. The number of amides is 1. The molecule has 0 spiro atoms. The van der Waals surface area contributed by atoms with Crippen molar-refractivity contribution in [2.24, 2.45) is 0 Å². The smallest absolute Gasteiger partial charge is 0.332 e. The van der Waals surface area contributed by atoms with E-state index in [-0.39, 0.29) is 11.8 Å². The number of carboxylic acid groups (broad SMARTS) is 1. The van der Waals surface area contributed by atoms with E-state index in [0.29, 0.717) is 19.4 Å². The number of rotatable bonds is 5. The zero-order valence-corrected chi connectivity index (χ0v) is 12.4. The summed E-state index contributed by atoms with van der Waals surface area (Å²) >= 11 is 0. The van der Waals surface area contributed by atoms with Crippen molar-refractivity contribution in [2.45, 2.75) is 37.9 Å². The SMILES string of the molecule is CC(CN(C)C(=O)[C@@H]1CC[C@H](C(=O)O)O1)c1ccccc1.